The maximum atomic E-state index is 4.83. The van der Waals surface area contributed by atoms with Gasteiger partial charge in [-0.3, -0.25) is 4.57 Å². The highest BCUT2D eigenvalue weighted by atomic mass is 32.1. The summed E-state index contributed by atoms with van der Waals surface area (Å²) in [4.78, 5) is 9.65. The molecular weight excluding hydrogens is 422 g/mol. The van der Waals surface area contributed by atoms with Crippen LogP contribution in [0.15, 0.2) is 109 Å². The lowest BCUT2D eigenvalue weighted by Gasteiger charge is -2.19. The van der Waals surface area contributed by atoms with Gasteiger partial charge in [0.2, 0.25) is 0 Å². The minimum atomic E-state index is 0.895. The molecule has 0 amide bonds. The Kier molecular flexibility index (Phi) is 4.85. The summed E-state index contributed by atoms with van der Waals surface area (Å²) in [5.74, 6) is 0.895. The van der Waals surface area contributed by atoms with Gasteiger partial charge in [-0.15, -0.1) is 11.3 Å². The molecule has 0 atom stereocenters. The van der Waals surface area contributed by atoms with Crippen LogP contribution in [0.3, 0.4) is 0 Å². The van der Waals surface area contributed by atoms with Crippen molar-refractivity contribution in [1.82, 2.24) is 14.5 Å². The second-order valence-electron chi connectivity index (χ2n) is 7.94. The van der Waals surface area contributed by atoms with Crippen molar-refractivity contribution in [3.8, 4) is 39.3 Å². The van der Waals surface area contributed by atoms with E-state index in [1.54, 1.807) is 11.3 Å². The summed E-state index contributed by atoms with van der Waals surface area (Å²) in [7, 11) is 0. The zero-order valence-corrected chi connectivity index (χ0v) is 19.0. The molecule has 6 aromatic rings. The predicted molar refractivity (Wildman–Crippen MR) is 138 cm³/mol. The fourth-order valence-electron chi connectivity index (χ4n) is 4.43. The summed E-state index contributed by atoms with van der Waals surface area (Å²) in [6.07, 6.45) is 3.94. The molecule has 0 unspecified atom stereocenters. The summed E-state index contributed by atoms with van der Waals surface area (Å²) in [5, 5.41) is 1.06. The van der Waals surface area contributed by atoms with Crippen molar-refractivity contribution < 1.29 is 0 Å². The molecule has 2 aromatic heterocycles. The highest BCUT2D eigenvalue weighted by Gasteiger charge is 2.19. The monoisotopic (exact) mass is 443 g/mol. The third kappa shape index (κ3) is 3.45. The van der Waals surface area contributed by atoms with Crippen molar-refractivity contribution in [2.75, 3.05) is 0 Å². The van der Waals surface area contributed by atoms with Crippen molar-refractivity contribution in [1.29, 1.82) is 0 Å². The van der Waals surface area contributed by atoms with Crippen LogP contribution < -0.4 is 0 Å². The van der Waals surface area contributed by atoms with Crippen LogP contribution in [-0.2, 0) is 0 Å². The molecule has 0 saturated heterocycles. The van der Waals surface area contributed by atoms with Crippen LogP contribution in [0.1, 0.15) is 5.01 Å². The second kappa shape index (κ2) is 8.15. The Morgan fingerprint density at radius 2 is 1.27 bits per heavy atom. The van der Waals surface area contributed by atoms with Crippen LogP contribution in [0.25, 0.3) is 49.5 Å². The van der Waals surface area contributed by atoms with Gasteiger partial charge < -0.3 is 0 Å². The van der Waals surface area contributed by atoms with Gasteiger partial charge in [0.15, 0.2) is 0 Å². The van der Waals surface area contributed by atoms with Gasteiger partial charge in [-0.1, -0.05) is 84.9 Å². The van der Waals surface area contributed by atoms with E-state index in [1.807, 2.05) is 6.20 Å². The van der Waals surface area contributed by atoms with Gasteiger partial charge in [0.25, 0.3) is 0 Å². The summed E-state index contributed by atoms with van der Waals surface area (Å²) < 4.78 is 3.40. The Bertz CT molecular complexity index is 1510. The number of rotatable bonds is 4. The molecule has 2 heterocycles. The van der Waals surface area contributed by atoms with Crippen LogP contribution in [0, 0.1) is 6.92 Å². The Balaban J connectivity index is 1.66. The number of benzene rings is 4. The summed E-state index contributed by atoms with van der Waals surface area (Å²) in [6, 6.07) is 33.9. The number of nitrogens with zero attached hydrogens (tertiary/aromatic N) is 3. The number of para-hydroxylation sites is 2. The first kappa shape index (κ1) is 19.6. The maximum absolute atomic E-state index is 4.83. The van der Waals surface area contributed by atoms with E-state index < -0.39 is 0 Å². The number of aryl methyl sites for hydroxylation is 1. The van der Waals surface area contributed by atoms with Crippen LogP contribution >= 0.6 is 11.3 Å². The molecule has 158 valence electrons. The van der Waals surface area contributed by atoms with E-state index in [0.29, 0.717) is 0 Å². The molecule has 0 spiro atoms. The number of thiazole rings is 1. The molecular formula is C29H21N3S. The first-order chi connectivity index (χ1) is 16.3. The molecule has 0 aliphatic heterocycles. The highest BCUT2D eigenvalue weighted by molar-refractivity contribution is 7.18. The molecule has 0 N–H and O–H groups in total. The van der Waals surface area contributed by atoms with Gasteiger partial charge >= 0.3 is 0 Å². The quantitative estimate of drug-likeness (QED) is 0.278. The van der Waals surface area contributed by atoms with Gasteiger partial charge in [0.1, 0.15) is 5.82 Å². The van der Waals surface area contributed by atoms with Crippen LogP contribution in [-0.4, -0.2) is 14.5 Å². The zero-order valence-electron chi connectivity index (χ0n) is 18.1. The summed E-state index contributed by atoms with van der Waals surface area (Å²) in [5.41, 5.74) is 7.84. The number of aromatic nitrogens is 3. The molecule has 0 radical (unpaired) electrons. The Hall–Kier alpha value is -4.02. The third-order valence-electron chi connectivity index (χ3n) is 5.85. The van der Waals surface area contributed by atoms with Gasteiger partial charge in [-0.05, 0) is 30.2 Å². The number of imidazole rings is 1. The molecule has 0 fully saturated rings. The Labute approximate surface area is 196 Å². The molecule has 4 heteroatoms. The molecule has 0 aliphatic carbocycles. The van der Waals surface area contributed by atoms with Gasteiger partial charge in [0.05, 0.1) is 20.9 Å². The standard InChI is InChI=1S/C29H21N3S/c1-20-31-27-25(16-9-17-26(27)33-20)29-30-18-19-32(29)28-23(21-10-4-2-5-11-21)14-8-15-24(28)22-12-6-3-7-13-22/h2-19H,1H3. The molecule has 33 heavy (non-hydrogen) atoms. The topological polar surface area (TPSA) is 30.7 Å². The Morgan fingerprint density at radius 1 is 0.667 bits per heavy atom. The van der Waals surface area contributed by atoms with Crippen molar-refractivity contribution in [2.45, 2.75) is 6.92 Å². The number of hydrogen-bond donors (Lipinski definition) is 0. The number of fused-ring (bicyclic) bond motifs is 1. The van der Waals surface area contributed by atoms with E-state index in [0.717, 1.165) is 38.7 Å². The zero-order chi connectivity index (χ0) is 22.2. The molecule has 3 nitrogen and oxygen atoms in total. The van der Waals surface area contributed by atoms with Crippen molar-refractivity contribution in [3.63, 3.8) is 0 Å². The first-order valence-corrected chi connectivity index (χ1v) is 11.8. The van der Waals surface area contributed by atoms with Crippen LogP contribution in [0.2, 0.25) is 0 Å². The average molecular weight is 444 g/mol. The minimum Gasteiger partial charge on any atom is -0.298 e. The van der Waals surface area contributed by atoms with Gasteiger partial charge in [-0.2, -0.15) is 0 Å². The molecule has 0 saturated carbocycles. The lowest BCUT2D eigenvalue weighted by molar-refractivity contribution is 1.07. The van der Waals surface area contributed by atoms with Crippen LogP contribution in [0.4, 0.5) is 0 Å². The smallest absolute Gasteiger partial charge is 0.146 e. The lowest BCUT2D eigenvalue weighted by atomic mass is 9.95. The minimum absolute atomic E-state index is 0.895. The fourth-order valence-corrected chi connectivity index (χ4v) is 5.28. The Morgan fingerprint density at radius 3 is 1.94 bits per heavy atom. The lowest BCUT2D eigenvalue weighted by Crippen LogP contribution is -2.02. The SMILES string of the molecule is Cc1nc2c(-c3nccn3-c3c(-c4ccccc4)cccc3-c3ccccc3)cccc2s1. The van der Waals surface area contributed by atoms with Gasteiger partial charge in [-0.25, -0.2) is 9.97 Å². The fraction of sp³-hybridized carbons (Fsp3) is 0.0345. The number of hydrogen-bond acceptors (Lipinski definition) is 3. The first-order valence-electron chi connectivity index (χ1n) is 10.9. The largest absolute Gasteiger partial charge is 0.298 e. The van der Waals surface area contributed by atoms with E-state index >= 15 is 0 Å². The van der Waals surface area contributed by atoms with E-state index in [-0.39, 0.29) is 0 Å². The van der Waals surface area contributed by atoms with Crippen LogP contribution in [0.5, 0.6) is 0 Å². The second-order valence-corrected chi connectivity index (χ2v) is 9.17. The molecule has 0 bridgehead atoms. The van der Waals surface area contributed by atoms with E-state index in [2.05, 4.69) is 115 Å². The predicted octanol–water partition coefficient (Wildman–Crippen LogP) is 7.79. The van der Waals surface area contributed by atoms with E-state index in [9.17, 15) is 0 Å². The van der Waals surface area contributed by atoms with E-state index in [1.165, 1.54) is 15.8 Å². The van der Waals surface area contributed by atoms with Crippen molar-refractivity contribution >= 4 is 21.6 Å². The third-order valence-corrected chi connectivity index (χ3v) is 6.79. The van der Waals surface area contributed by atoms with Gasteiger partial charge in [0, 0.05) is 29.1 Å². The average Bonchev–Trinajstić information content (AvgIpc) is 3.50. The van der Waals surface area contributed by atoms with Crippen molar-refractivity contribution in [2.24, 2.45) is 0 Å². The molecule has 4 aromatic carbocycles. The summed E-state index contributed by atoms with van der Waals surface area (Å²) in [6.45, 7) is 2.05. The maximum Gasteiger partial charge on any atom is 0.146 e. The molecule has 6 rings (SSSR count). The normalized spacial score (nSPS) is 11.2. The highest BCUT2D eigenvalue weighted by Crippen LogP contribution is 2.39. The van der Waals surface area contributed by atoms with Crippen molar-refractivity contribution in [3.05, 3.63) is 114 Å². The van der Waals surface area contributed by atoms with E-state index in [4.69, 9.17) is 9.97 Å². The summed E-state index contributed by atoms with van der Waals surface area (Å²) >= 11 is 1.72. The molecule has 0 aliphatic rings.